The van der Waals surface area contributed by atoms with Crippen LogP contribution in [-0.2, 0) is 9.84 Å². The van der Waals surface area contributed by atoms with E-state index in [0.717, 1.165) is 5.56 Å². The third kappa shape index (κ3) is 2.76. The summed E-state index contributed by atoms with van der Waals surface area (Å²) < 4.78 is 22.5. The van der Waals surface area contributed by atoms with Crippen LogP contribution < -0.4 is 5.32 Å². The van der Waals surface area contributed by atoms with Crippen LogP contribution in [0.2, 0.25) is 5.15 Å². The van der Waals surface area contributed by atoms with E-state index in [1.165, 1.54) is 5.41 Å². The molecule has 0 aromatic carbocycles. The minimum atomic E-state index is -3.07. The molecule has 0 amide bonds. The van der Waals surface area contributed by atoms with Crippen molar-refractivity contribution in [3.63, 3.8) is 0 Å². The van der Waals surface area contributed by atoms with Gasteiger partial charge in [0.1, 0.15) is 16.8 Å². The summed E-state index contributed by atoms with van der Waals surface area (Å²) in [4.78, 5) is 8.22. The fourth-order valence-corrected chi connectivity index (χ4v) is 3.02. The molecule has 0 bridgehead atoms. The van der Waals surface area contributed by atoms with Gasteiger partial charge in [0, 0.05) is 11.0 Å². The van der Waals surface area contributed by atoms with Crippen molar-refractivity contribution in [3.8, 4) is 0 Å². The molecule has 1 N–H and O–H groups in total. The van der Waals surface area contributed by atoms with Crippen molar-refractivity contribution in [2.45, 2.75) is 19.9 Å². The molecule has 1 aliphatic heterocycles. The molecule has 0 aliphatic carbocycles. The average Bonchev–Trinajstić information content (AvgIpc) is 2.54. The number of aryl methyl sites for hydroxylation is 1. The molecule has 5 nitrogen and oxygen atoms in total. The molecule has 2 rings (SSSR count). The number of hydrogen-bond acceptors (Lipinski definition) is 5. The van der Waals surface area contributed by atoms with Gasteiger partial charge in [0.15, 0.2) is 9.84 Å². The standard InChI is InChI=1S/C10H12ClN3O2S/c1-6-9(11)12-7(2)13-10(6)14-8-3-4-17(15,16)5-8/h3-4,8H,5H2,1-2H3,(H,12,13,14). The van der Waals surface area contributed by atoms with Crippen LogP contribution in [0.25, 0.3) is 0 Å². The maximum atomic E-state index is 11.3. The highest BCUT2D eigenvalue weighted by atomic mass is 35.5. The maximum Gasteiger partial charge on any atom is 0.173 e. The van der Waals surface area contributed by atoms with Crippen LogP contribution in [0.1, 0.15) is 11.4 Å². The lowest BCUT2D eigenvalue weighted by Crippen LogP contribution is -2.22. The van der Waals surface area contributed by atoms with E-state index in [-0.39, 0.29) is 11.8 Å². The van der Waals surface area contributed by atoms with Crippen LogP contribution in [0.15, 0.2) is 11.5 Å². The molecule has 7 heteroatoms. The van der Waals surface area contributed by atoms with Crippen LogP contribution in [0, 0.1) is 13.8 Å². The van der Waals surface area contributed by atoms with E-state index in [4.69, 9.17) is 11.6 Å². The number of halogens is 1. The van der Waals surface area contributed by atoms with Gasteiger partial charge < -0.3 is 5.32 Å². The van der Waals surface area contributed by atoms with Crippen LogP contribution in [0.3, 0.4) is 0 Å². The Morgan fingerprint density at radius 1 is 1.41 bits per heavy atom. The highest BCUT2D eigenvalue weighted by Gasteiger charge is 2.22. The molecule has 1 atom stereocenters. The molecular formula is C10H12ClN3O2S. The van der Waals surface area contributed by atoms with Crippen molar-refractivity contribution in [3.05, 3.63) is 28.0 Å². The molecule has 92 valence electrons. The quantitative estimate of drug-likeness (QED) is 0.826. The lowest BCUT2D eigenvalue weighted by molar-refractivity contribution is 0.605. The Morgan fingerprint density at radius 3 is 2.71 bits per heavy atom. The number of anilines is 1. The Balaban J connectivity index is 2.23. The topological polar surface area (TPSA) is 72.0 Å². The van der Waals surface area contributed by atoms with Gasteiger partial charge in [0.05, 0.1) is 11.8 Å². The molecule has 0 radical (unpaired) electrons. The number of sulfone groups is 1. The van der Waals surface area contributed by atoms with Gasteiger partial charge in [-0.15, -0.1) is 0 Å². The highest BCUT2D eigenvalue weighted by Crippen LogP contribution is 2.22. The van der Waals surface area contributed by atoms with Crippen molar-refractivity contribution < 1.29 is 8.42 Å². The highest BCUT2D eigenvalue weighted by molar-refractivity contribution is 7.94. The van der Waals surface area contributed by atoms with Crippen LogP contribution >= 0.6 is 11.6 Å². The van der Waals surface area contributed by atoms with Gasteiger partial charge in [-0.1, -0.05) is 11.6 Å². The number of aromatic nitrogens is 2. The molecule has 1 aromatic rings. The monoisotopic (exact) mass is 273 g/mol. The predicted molar refractivity (Wildman–Crippen MR) is 66.9 cm³/mol. The van der Waals surface area contributed by atoms with Crippen LogP contribution in [0.4, 0.5) is 5.82 Å². The minimum absolute atomic E-state index is 0.0487. The number of nitrogens with zero attached hydrogens (tertiary/aromatic N) is 2. The Morgan fingerprint density at radius 2 is 2.12 bits per heavy atom. The molecule has 0 saturated heterocycles. The largest absolute Gasteiger partial charge is 0.362 e. The second-order valence-corrected chi connectivity index (χ2v) is 6.23. The zero-order valence-corrected chi connectivity index (χ0v) is 11.0. The maximum absolute atomic E-state index is 11.3. The van der Waals surface area contributed by atoms with E-state index in [0.29, 0.717) is 16.8 Å². The second kappa shape index (κ2) is 4.27. The van der Waals surface area contributed by atoms with E-state index in [9.17, 15) is 8.42 Å². The molecule has 1 aliphatic rings. The first-order valence-electron chi connectivity index (χ1n) is 5.05. The van der Waals surface area contributed by atoms with Crippen molar-refractivity contribution in [1.82, 2.24) is 9.97 Å². The summed E-state index contributed by atoms with van der Waals surface area (Å²) in [7, 11) is -3.07. The van der Waals surface area contributed by atoms with E-state index in [1.54, 1.807) is 19.9 Å². The molecular weight excluding hydrogens is 262 g/mol. The summed E-state index contributed by atoms with van der Waals surface area (Å²) in [5, 5.41) is 4.64. The molecule has 0 saturated carbocycles. The zero-order valence-electron chi connectivity index (χ0n) is 9.44. The van der Waals surface area contributed by atoms with Crippen molar-refractivity contribution >= 4 is 27.3 Å². The van der Waals surface area contributed by atoms with Gasteiger partial charge in [0.25, 0.3) is 0 Å². The van der Waals surface area contributed by atoms with E-state index in [2.05, 4.69) is 15.3 Å². The Labute approximate surface area is 105 Å². The van der Waals surface area contributed by atoms with Gasteiger partial charge in [-0.3, -0.25) is 0 Å². The average molecular weight is 274 g/mol. The molecule has 17 heavy (non-hydrogen) atoms. The van der Waals surface area contributed by atoms with Crippen molar-refractivity contribution in [2.24, 2.45) is 0 Å². The summed E-state index contributed by atoms with van der Waals surface area (Å²) in [6.45, 7) is 3.52. The normalized spacial score (nSPS) is 21.7. The smallest absolute Gasteiger partial charge is 0.173 e. The third-order valence-electron chi connectivity index (χ3n) is 2.45. The fraction of sp³-hybridized carbons (Fsp3) is 0.400. The number of hydrogen-bond donors (Lipinski definition) is 1. The van der Waals surface area contributed by atoms with Gasteiger partial charge in [-0.25, -0.2) is 18.4 Å². The van der Waals surface area contributed by atoms with Gasteiger partial charge in [-0.2, -0.15) is 0 Å². The second-order valence-electron chi connectivity index (χ2n) is 3.94. The first kappa shape index (κ1) is 12.3. The first-order chi connectivity index (χ1) is 7.87. The summed E-state index contributed by atoms with van der Waals surface area (Å²) >= 11 is 5.93. The third-order valence-corrected chi connectivity index (χ3v) is 4.21. The summed E-state index contributed by atoms with van der Waals surface area (Å²) in [5.74, 6) is 1.18. The number of nitrogens with one attached hydrogen (secondary N) is 1. The molecule has 1 aromatic heterocycles. The lowest BCUT2D eigenvalue weighted by atomic mass is 10.3. The fourth-order valence-electron chi connectivity index (χ4n) is 1.58. The van der Waals surface area contributed by atoms with Crippen LogP contribution in [0.5, 0.6) is 0 Å². The first-order valence-corrected chi connectivity index (χ1v) is 7.15. The summed E-state index contributed by atoms with van der Waals surface area (Å²) in [6, 6.07) is -0.260. The Kier molecular flexibility index (Phi) is 3.09. The summed E-state index contributed by atoms with van der Waals surface area (Å²) in [6.07, 6.45) is 1.61. The van der Waals surface area contributed by atoms with Gasteiger partial charge in [0.2, 0.25) is 0 Å². The van der Waals surface area contributed by atoms with Crippen molar-refractivity contribution in [2.75, 3.05) is 11.1 Å². The van der Waals surface area contributed by atoms with Crippen LogP contribution in [-0.4, -0.2) is 30.2 Å². The summed E-state index contributed by atoms with van der Waals surface area (Å²) in [5.41, 5.74) is 0.718. The Bertz CT molecular complexity index is 583. The Hall–Kier alpha value is -1.14. The number of rotatable bonds is 2. The molecule has 2 heterocycles. The minimum Gasteiger partial charge on any atom is -0.362 e. The van der Waals surface area contributed by atoms with E-state index < -0.39 is 9.84 Å². The molecule has 1 unspecified atom stereocenters. The molecule has 0 spiro atoms. The SMILES string of the molecule is Cc1nc(Cl)c(C)c(NC2C=CS(=O)(=O)C2)n1. The lowest BCUT2D eigenvalue weighted by Gasteiger charge is -2.13. The predicted octanol–water partition coefficient (Wildman–Crippen LogP) is 1.47. The van der Waals surface area contributed by atoms with Gasteiger partial charge >= 0.3 is 0 Å². The van der Waals surface area contributed by atoms with Gasteiger partial charge in [-0.05, 0) is 19.9 Å². The molecule has 0 fully saturated rings. The zero-order chi connectivity index (χ0) is 12.6. The van der Waals surface area contributed by atoms with E-state index >= 15 is 0 Å². The van der Waals surface area contributed by atoms with Crippen molar-refractivity contribution in [1.29, 1.82) is 0 Å². The van der Waals surface area contributed by atoms with E-state index in [1.807, 2.05) is 0 Å².